The summed E-state index contributed by atoms with van der Waals surface area (Å²) in [6.07, 6.45) is 1.18. The van der Waals surface area contributed by atoms with Gasteiger partial charge < -0.3 is 24.1 Å². The zero-order valence-electron chi connectivity index (χ0n) is 14.3. The fourth-order valence-corrected chi connectivity index (χ4v) is 3.03. The lowest BCUT2D eigenvalue weighted by molar-refractivity contribution is -0.0162. The van der Waals surface area contributed by atoms with Crippen LogP contribution < -0.4 is 5.32 Å². The van der Waals surface area contributed by atoms with Crippen molar-refractivity contribution in [2.75, 3.05) is 33.4 Å². The maximum absolute atomic E-state index is 13.4. The van der Waals surface area contributed by atoms with E-state index in [-0.39, 0.29) is 23.2 Å². The van der Waals surface area contributed by atoms with E-state index < -0.39 is 5.82 Å². The Balaban J connectivity index is 1.66. The van der Waals surface area contributed by atoms with Gasteiger partial charge >= 0.3 is 6.03 Å². The first kappa shape index (κ1) is 18.7. The van der Waals surface area contributed by atoms with Crippen molar-refractivity contribution in [3.05, 3.63) is 58.8 Å². The molecule has 1 aliphatic rings. The Kier molecular flexibility index (Phi) is 6.13. The summed E-state index contributed by atoms with van der Waals surface area (Å²) in [6, 6.07) is 7.35. The summed E-state index contributed by atoms with van der Waals surface area (Å²) >= 11 is 5.84. The minimum atomic E-state index is -0.485. The van der Waals surface area contributed by atoms with E-state index in [4.69, 9.17) is 25.5 Å². The van der Waals surface area contributed by atoms with Crippen molar-refractivity contribution in [3.8, 4) is 0 Å². The Morgan fingerprint density at radius 3 is 3.04 bits per heavy atom. The van der Waals surface area contributed by atoms with E-state index in [9.17, 15) is 9.18 Å². The highest BCUT2D eigenvalue weighted by molar-refractivity contribution is 6.30. The number of halogens is 2. The fraction of sp³-hybridized carbons (Fsp3) is 0.389. The standard InChI is InChI=1S/C18H20ClFN2O4/c1-24-11-15(16-3-2-7-25-16)21-18(23)22-6-8-26-17(10-22)12-4-5-14(20)13(19)9-12/h2-5,7,9,15,17H,6,8,10-11H2,1H3,(H,21,23). The van der Waals surface area contributed by atoms with Gasteiger partial charge in [0.15, 0.2) is 0 Å². The number of morpholine rings is 1. The van der Waals surface area contributed by atoms with Gasteiger partial charge in [-0.1, -0.05) is 17.7 Å². The van der Waals surface area contributed by atoms with Gasteiger partial charge in [0.1, 0.15) is 23.7 Å². The Bertz CT molecular complexity index is 741. The fourth-order valence-electron chi connectivity index (χ4n) is 2.84. The van der Waals surface area contributed by atoms with Crippen LogP contribution in [0.25, 0.3) is 0 Å². The number of rotatable bonds is 5. The SMILES string of the molecule is COCC(NC(=O)N1CCOC(c2ccc(F)c(Cl)c2)C1)c1ccco1. The number of methoxy groups -OCH3 is 1. The lowest BCUT2D eigenvalue weighted by Gasteiger charge is -2.34. The number of urea groups is 1. The summed E-state index contributed by atoms with van der Waals surface area (Å²) in [5, 5.41) is 2.94. The van der Waals surface area contributed by atoms with Gasteiger partial charge in [-0.3, -0.25) is 0 Å². The highest BCUT2D eigenvalue weighted by Gasteiger charge is 2.28. The number of nitrogens with zero attached hydrogens (tertiary/aromatic N) is 1. The van der Waals surface area contributed by atoms with Crippen LogP contribution in [-0.2, 0) is 9.47 Å². The normalized spacial score (nSPS) is 18.6. The van der Waals surface area contributed by atoms with E-state index in [0.717, 1.165) is 5.56 Å². The topological polar surface area (TPSA) is 63.9 Å². The predicted molar refractivity (Wildman–Crippen MR) is 93.5 cm³/mol. The van der Waals surface area contributed by atoms with Crippen molar-refractivity contribution >= 4 is 17.6 Å². The van der Waals surface area contributed by atoms with Crippen LogP contribution in [0.2, 0.25) is 5.02 Å². The third kappa shape index (κ3) is 4.35. The Morgan fingerprint density at radius 1 is 1.50 bits per heavy atom. The van der Waals surface area contributed by atoms with Gasteiger partial charge in [0.2, 0.25) is 0 Å². The van der Waals surface area contributed by atoms with Crippen LogP contribution in [0.5, 0.6) is 0 Å². The number of amides is 2. The molecule has 2 unspecified atom stereocenters. The number of furan rings is 1. The molecule has 0 spiro atoms. The summed E-state index contributed by atoms with van der Waals surface area (Å²) in [6.45, 7) is 1.46. The first-order chi connectivity index (χ1) is 12.6. The lowest BCUT2D eigenvalue weighted by atomic mass is 10.1. The number of hydrogen-bond acceptors (Lipinski definition) is 4. The molecular formula is C18H20ClFN2O4. The molecule has 2 aromatic rings. The zero-order valence-corrected chi connectivity index (χ0v) is 15.0. The van der Waals surface area contributed by atoms with Crippen molar-refractivity contribution < 1.29 is 23.1 Å². The second-order valence-corrected chi connectivity index (χ2v) is 6.36. The van der Waals surface area contributed by atoms with E-state index in [1.807, 2.05) is 0 Å². The first-order valence-electron chi connectivity index (χ1n) is 8.23. The van der Waals surface area contributed by atoms with Gasteiger partial charge in [-0.25, -0.2) is 9.18 Å². The number of ether oxygens (including phenoxy) is 2. The molecule has 2 heterocycles. The van der Waals surface area contributed by atoms with Gasteiger partial charge in [0.05, 0.1) is 31.0 Å². The molecule has 2 amide bonds. The van der Waals surface area contributed by atoms with Crippen molar-refractivity contribution in [2.24, 2.45) is 0 Å². The van der Waals surface area contributed by atoms with Crippen LogP contribution in [-0.4, -0.2) is 44.3 Å². The number of benzene rings is 1. The molecule has 1 saturated heterocycles. The number of hydrogen-bond donors (Lipinski definition) is 1. The molecule has 140 valence electrons. The van der Waals surface area contributed by atoms with Gasteiger partial charge in [0.25, 0.3) is 0 Å². The Morgan fingerprint density at radius 2 is 2.35 bits per heavy atom. The van der Waals surface area contributed by atoms with Crippen LogP contribution in [0, 0.1) is 5.82 Å². The van der Waals surface area contributed by atoms with E-state index >= 15 is 0 Å². The van der Waals surface area contributed by atoms with E-state index in [2.05, 4.69) is 5.32 Å². The monoisotopic (exact) mass is 382 g/mol. The van der Waals surface area contributed by atoms with Gasteiger partial charge in [0, 0.05) is 13.7 Å². The lowest BCUT2D eigenvalue weighted by Crippen LogP contribution is -2.48. The quantitative estimate of drug-likeness (QED) is 0.859. The molecule has 1 aromatic carbocycles. The van der Waals surface area contributed by atoms with E-state index in [1.165, 1.54) is 12.1 Å². The largest absolute Gasteiger partial charge is 0.467 e. The van der Waals surface area contributed by atoms with E-state index in [0.29, 0.717) is 32.1 Å². The molecule has 0 aliphatic carbocycles. The third-order valence-electron chi connectivity index (χ3n) is 4.19. The van der Waals surface area contributed by atoms with Crippen LogP contribution in [0.15, 0.2) is 41.0 Å². The van der Waals surface area contributed by atoms with Crippen LogP contribution in [0.4, 0.5) is 9.18 Å². The molecule has 1 aliphatic heterocycles. The molecule has 2 atom stereocenters. The number of carbonyl (C=O) groups excluding carboxylic acids is 1. The molecule has 6 nitrogen and oxygen atoms in total. The maximum Gasteiger partial charge on any atom is 0.318 e. The van der Waals surface area contributed by atoms with Crippen LogP contribution in [0.3, 0.4) is 0 Å². The maximum atomic E-state index is 13.4. The van der Waals surface area contributed by atoms with Crippen molar-refractivity contribution in [1.82, 2.24) is 10.2 Å². The number of carbonyl (C=O) groups is 1. The molecule has 0 radical (unpaired) electrons. The minimum Gasteiger partial charge on any atom is -0.467 e. The van der Waals surface area contributed by atoms with Gasteiger partial charge in [-0.15, -0.1) is 0 Å². The molecule has 8 heteroatoms. The predicted octanol–water partition coefficient (Wildman–Crippen LogP) is 3.54. The Labute approximate surface area is 155 Å². The van der Waals surface area contributed by atoms with Crippen LogP contribution in [0.1, 0.15) is 23.5 Å². The summed E-state index contributed by atoms with van der Waals surface area (Å²) < 4.78 is 29.6. The number of nitrogens with one attached hydrogen (secondary N) is 1. The molecule has 0 bridgehead atoms. The summed E-state index contributed by atoms with van der Waals surface area (Å²) in [4.78, 5) is 14.3. The molecule has 1 fully saturated rings. The van der Waals surface area contributed by atoms with E-state index in [1.54, 1.807) is 36.5 Å². The molecular weight excluding hydrogens is 363 g/mol. The zero-order chi connectivity index (χ0) is 18.5. The van der Waals surface area contributed by atoms with Crippen molar-refractivity contribution in [3.63, 3.8) is 0 Å². The Hall–Kier alpha value is -2.09. The average Bonchev–Trinajstić information content (AvgIpc) is 3.18. The second-order valence-electron chi connectivity index (χ2n) is 5.95. The van der Waals surface area contributed by atoms with Crippen molar-refractivity contribution in [2.45, 2.75) is 12.1 Å². The average molecular weight is 383 g/mol. The molecule has 0 saturated carbocycles. The molecule has 26 heavy (non-hydrogen) atoms. The summed E-state index contributed by atoms with van der Waals surface area (Å²) in [7, 11) is 1.56. The summed E-state index contributed by atoms with van der Waals surface area (Å²) in [5.41, 5.74) is 0.730. The van der Waals surface area contributed by atoms with Gasteiger partial charge in [-0.2, -0.15) is 0 Å². The first-order valence-corrected chi connectivity index (χ1v) is 8.60. The molecule has 1 N–H and O–H groups in total. The van der Waals surface area contributed by atoms with Gasteiger partial charge in [-0.05, 0) is 29.8 Å². The third-order valence-corrected chi connectivity index (χ3v) is 4.48. The molecule has 3 rings (SSSR count). The molecule has 1 aromatic heterocycles. The highest BCUT2D eigenvalue weighted by Crippen LogP contribution is 2.26. The summed E-state index contributed by atoms with van der Waals surface area (Å²) in [5.74, 6) is 0.136. The second kappa shape index (κ2) is 8.53. The van der Waals surface area contributed by atoms with Crippen molar-refractivity contribution in [1.29, 1.82) is 0 Å². The highest BCUT2D eigenvalue weighted by atomic mass is 35.5. The minimum absolute atomic E-state index is 0.0330. The van der Waals surface area contributed by atoms with Crippen LogP contribution >= 0.6 is 11.6 Å². The smallest absolute Gasteiger partial charge is 0.318 e.